The molecule has 2 aliphatic heterocycles. The normalized spacial score (nSPS) is 34.5. The molecule has 4 unspecified atom stereocenters. The van der Waals surface area contributed by atoms with Crippen molar-refractivity contribution in [2.45, 2.75) is 57.4 Å². The molecular formula is C13H19NO2. The van der Waals surface area contributed by atoms with Gasteiger partial charge in [-0.05, 0) is 45.2 Å². The van der Waals surface area contributed by atoms with Gasteiger partial charge in [-0.1, -0.05) is 0 Å². The number of hydrogen-bond donors (Lipinski definition) is 1. The van der Waals surface area contributed by atoms with Crippen LogP contribution in [-0.2, 0) is 4.74 Å². The molecule has 0 aliphatic carbocycles. The summed E-state index contributed by atoms with van der Waals surface area (Å²) in [4.78, 5) is 0. The standard InChI is InChI=1S/C13H19NO2/c1-8-3-5-12(15-8)9(2)14-11-7-10-4-6-13(11)16-10/h3,5,9-11,13-14H,4,6-7H2,1-2H3. The predicted octanol–water partition coefficient (Wildman–Crippen LogP) is 2.56. The SMILES string of the molecule is Cc1ccc(C(C)NC2CC3CCC2O3)o1. The molecule has 2 fully saturated rings. The van der Waals surface area contributed by atoms with Crippen molar-refractivity contribution < 1.29 is 9.15 Å². The van der Waals surface area contributed by atoms with Gasteiger partial charge in [-0.25, -0.2) is 0 Å². The first-order valence-electron chi connectivity index (χ1n) is 6.20. The highest BCUT2D eigenvalue weighted by Crippen LogP contribution is 2.35. The van der Waals surface area contributed by atoms with Gasteiger partial charge in [-0.15, -0.1) is 0 Å². The van der Waals surface area contributed by atoms with Crippen LogP contribution in [0.15, 0.2) is 16.5 Å². The maximum absolute atomic E-state index is 5.83. The van der Waals surface area contributed by atoms with Crippen LogP contribution in [0.1, 0.15) is 43.7 Å². The number of rotatable bonds is 3. The highest BCUT2D eigenvalue weighted by molar-refractivity contribution is 5.10. The van der Waals surface area contributed by atoms with Gasteiger partial charge in [0.15, 0.2) is 0 Å². The molecule has 2 bridgehead atoms. The van der Waals surface area contributed by atoms with Gasteiger partial charge in [0.2, 0.25) is 0 Å². The van der Waals surface area contributed by atoms with Crippen molar-refractivity contribution in [2.75, 3.05) is 0 Å². The minimum absolute atomic E-state index is 0.279. The molecule has 0 aromatic carbocycles. The molecule has 0 amide bonds. The Balaban J connectivity index is 1.62. The lowest BCUT2D eigenvalue weighted by Crippen LogP contribution is -2.38. The molecule has 1 N–H and O–H groups in total. The van der Waals surface area contributed by atoms with E-state index >= 15 is 0 Å². The van der Waals surface area contributed by atoms with Crippen LogP contribution in [-0.4, -0.2) is 18.2 Å². The smallest absolute Gasteiger partial charge is 0.120 e. The summed E-state index contributed by atoms with van der Waals surface area (Å²) in [6.45, 7) is 4.14. The Kier molecular flexibility index (Phi) is 2.52. The Morgan fingerprint density at radius 3 is 2.81 bits per heavy atom. The summed E-state index contributed by atoms with van der Waals surface area (Å²) in [5.74, 6) is 2.01. The first kappa shape index (κ1) is 10.4. The maximum atomic E-state index is 5.83. The third-order valence-corrected chi connectivity index (χ3v) is 3.76. The van der Waals surface area contributed by atoms with Crippen LogP contribution in [0.5, 0.6) is 0 Å². The largest absolute Gasteiger partial charge is 0.465 e. The molecule has 88 valence electrons. The zero-order valence-corrected chi connectivity index (χ0v) is 9.90. The Labute approximate surface area is 96.2 Å². The lowest BCUT2D eigenvalue weighted by molar-refractivity contribution is 0.0959. The second-order valence-electron chi connectivity index (χ2n) is 5.05. The van der Waals surface area contributed by atoms with Gasteiger partial charge in [0.1, 0.15) is 11.5 Å². The number of fused-ring (bicyclic) bond motifs is 2. The molecule has 0 spiro atoms. The lowest BCUT2D eigenvalue weighted by atomic mass is 9.95. The average molecular weight is 221 g/mol. The van der Waals surface area contributed by atoms with E-state index in [-0.39, 0.29) is 6.04 Å². The second-order valence-corrected chi connectivity index (χ2v) is 5.05. The van der Waals surface area contributed by atoms with Crippen LogP contribution in [0.2, 0.25) is 0 Å². The van der Waals surface area contributed by atoms with Gasteiger partial charge in [0.05, 0.1) is 18.2 Å². The van der Waals surface area contributed by atoms with Crippen LogP contribution in [0, 0.1) is 6.92 Å². The van der Waals surface area contributed by atoms with Crippen molar-refractivity contribution in [3.05, 3.63) is 23.7 Å². The first-order chi connectivity index (χ1) is 7.72. The van der Waals surface area contributed by atoms with E-state index in [0.717, 1.165) is 17.9 Å². The van der Waals surface area contributed by atoms with Crippen molar-refractivity contribution in [3.63, 3.8) is 0 Å². The monoisotopic (exact) mass is 221 g/mol. The van der Waals surface area contributed by atoms with Crippen LogP contribution in [0.25, 0.3) is 0 Å². The van der Waals surface area contributed by atoms with Crippen LogP contribution < -0.4 is 5.32 Å². The molecule has 0 saturated carbocycles. The third-order valence-electron chi connectivity index (χ3n) is 3.76. The molecule has 1 aromatic heterocycles. The van der Waals surface area contributed by atoms with Crippen LogP contribution >= 0.6 is 0 Å². The highest BCUT2D eigenvalue weighted by atomic mass is 16.5. The average Bonchev–Trinajstić information content (AvgIpc) is 2.92. The van der Waals surface area contributed by atoms with Gasteiger partial charge in [-0.3, -0.25) is 0 Å². The fourth-order valence-corrected chi connectivity index (χ4v) is 2.90. The van der Waals surface area contributed by atoms with Gasteiger partial charge < -0.3 is 14.5 Å². The summed E-state index contributed by atoms with van der Waals surface area (Å²) in [5, 5.41) is 3.62. The first-order valence-corrected chi connectivity index (χ1v) is 6.20. The minimum Gasteiger partial charge on any atom is -0.465 e. The summed E-state index contributed by atoms with van der Waals surface area (Å²) < 4.78 is 11.5. The van der Waals surface area contributed by atoms with E-state index in [1.54, 1.807) is 0 Å². The van der Waals surface area contributed by atoms with Crippen molar-refractivity contribution in [1.82, 2.24) is 5.32 Å². The summed E-state index contributed by atoms with van der Waals surface area (Å²) in [6, 6.07) is 4.87. The molecule has 2 aliphatic rings. The van der Waals surface area contributed by atoms with Gasteiger partial charge in [0, 0.05) is 6.04 Å². The highest BCUT2D eigenvalue weighted by Gasteiger charge is 2.41. The maximum Gasteiger partial charge on any atom is 0.120 e. The Morgan fingerprint density at radius 2 is 2.25 bits per heavy atom. The van der Waals surface area contributed by atoms with E-state index in [1.165, 1.54) is 12.8 Å². The van der Waals surface area contributed by atoms with E-state index in [2.05, 4.69) is 18.3 Å². The minimum atomic E-state index is 0.279. The van der Waals surface area contributed by atoms with Crippen molar-refractivity contribution in [2.24, 2.45) is 0 Å². The van der Waals surface area contributed by atoms with Crippen molar-refractivity contribution in [1.29, 1.82) is 0 Å². The molecule has 16 heavy (non-hydrogen) atoms. The zero-order chi connectivity index (χ0) is 11.1. The molecule has 3 nitrogen and oxygen atoms in total. The third kappa shape index (κ3) is 1.78. The number of ether oxygens (including phenoxy) is 1. The molecule has 3 rings (SSSR count). The van der Waals surface area contributed by atoms with Gasteiger partial charge >= 0.3 is 0 Å². The van der Waals surface area contributed by atoms with E-state index in [9.17, 15) is 0 Å². The Bertz CT molecular complexity index is 374. The Morgan fingerprint density at radius 1 is 1.38 bits per heavy atom. The van der Waals surface area contributed by atoms with Crippen molar-refractivity contribution in [3.8, 4) is 0 Å². The molecule has 2 saturated heterocycles. The zero-order valence-electron chi connectivity index (χ0n) is 9.90. The lowest BCUT2D eigenvalue weighted by Gasteiger charge is -2.23. The number of furan rings is 1. The molecule has 0 radical (unpaired) electrons. The van der Waals surface area contributed by atoms with E-state index in [1.807, 2.05) is 13.0 Å². The number of aryl methyl sites for hydroxylation is 1. The molecule has 3 heterocycles. The molecule has 1 aromatic rings. The fourth-order valence-electron chi connectivity index (χ4n) is 2.90. The molecule has 3 heteroatoms. The van der Waals surface area contributed by atoms with E-state index < -0.39 is 0 Å². The quantitative estimate of drug-likeness (QED) is 0.851. The second kappa shape index (κ2) is 3.90. The van der Waals surface area contributed by atoms with Crippen LogP contribution in [0.3, 0.4) is 0 Å². The van der Waals surface area contributed by atoms with E-state index in [4.69, 9.17) is 9.15 Å². The summed E-state index contributed by atoms with van der Waals surface area (Å²) in [7, 11) is 0. The van der Waals surface area contributed by atoms with Crippen LogP contribution in [0.4, 0.5) is 0 Å². The topological polar surface area (TPSA) is 34.4 Å². The van der Waals surface area contributed by atoms with Gasteiger partial charge in [0.25, 0.3) is 0 Å². The molecule has 4 atom stereocenters. The number of nitrogens with one attached hydrogen (secondary N) is 1. The summed E-state index contributed by atoms with van der Waals surface area (Å²) in [5.41, 5.74) is 0. The Hall–Kier alpha value is -0.800. The summed E-state index contributed by atoms with van der Waals surface area (Å²) in [6.07, 6.45) is 4.56. The predicted molar refractivity (Wildman–Crippen MR) is 61.3 cm³/mol. The number of hydrogen-bond acceptors (Lipinski definition) is 3. The summed E-state index contributed by atoms with van der Waals surface area (Å²) >= 11 is 0. The van der Waals surface area contributed by atoms with E-state index in [0.29, 0.717) is 18.2 Å². The van der Waals surface area contributed by atoms with Crippen molar-refractivity contribution >= 4 is 0 Å². The fraction of sp³-hybridized carbons (Fsp3) is 0.692. The van der Waals surface area contributed by atoms with Gasteiger partial charge in [-0.2, -0.15) is 0 Å². The molecular weight excluding hydrogens is 202 g/mol.